The third-order valence-corrected chi connectivity index (χ3v) is 2.88. The van der Waals surface area contributed by atoms with Crippen molar-refractivity contribution in [3.05, 3.63) is 0 Å². The van der Waals surface area contributed by atoms with Crippen LogP contribution in [0.4, 0.5) is 0 Å². The molecule has 3 nitrogen and oxygen atoms in total. The summed E-state index contributed by atoms with van der Waals surface area (Å²) >= 11 is 0. The molecular formula is C10H18O3. The van der Waals surface area contributed by atoms with E-state index >= 15 is 0 Å². The van der Waals surface area contributed by atoms with E-state index in [1.54, 1.807) is 7.11 Å². The highest BCUT2D eigenvalue weighted by atomic mass is 16.7. The van der Waals surface area contributed by atoms with Crippen LogP contribution in [0, 0.1) is 0 Å². The van der Waals surface area contributed by atoms with Crippen molar-refractivity contribution in [2.24, 2.45) is 0 Å². The molecule has 2 rings (SSSR count). The van der Waals surface area contributed by atoms with Gasteiger partial charge in [-0.1, -0.05) is 6.42 Å². The van der Waals surface area contributed by atoms with Gasteiger partial charge >= 0.3 is 0 Å². The number of hydrogen-bond acceptors (Lipinski definition) is 3. The van der Waals surface area contributed by atoms with Crippen molar-refractivity contribution < 1.29 is 14.2 Å². The van der Waals surface area contributed by atoms with E-state index < -0.39 is 0 Å². The Morgan fingerprint density at radius 3 is 2.77 bits per heavy atom. The lowest BCUT2D eigenvalue weighted by Crippen LogP contribution is -2.33. The molecule has 0 radical (unpaired) electrons. The number of rotatable bonds is 2. The van der Waals surface area contributed by atoms with Crippen LogP contribution in [0.15, 0.2) is 0 Å². The molecule has 2 aliphatic rings. The summed E-state index contributed by atoms with van der Waals surface area (Å²) in [7, 11) is 1.70. The number of methoxy groups -OCH3 is 1. The second-order valence-electron chi connectivity index (χ2n) is 3.98. The van der Waals surface area contributed by atoms with E-state index in [9.17, 15) is 0 Å². The minimum atomic E-state index is -0.235. The average molecular weight is 186 g/mol. The summed E-state index contributed by atoms with van der Waals surface area (Å²) in [6, 6.07) is 0. The molecule has 1 spiro atoms. The standard InChI is InChI=1S/C10H18O3/c1-11-7-9-8-12-10(13-9)5-3-2-4-6-10/h9H,2-8H2,1H3. The van der Waals surface area contributed by atoms with Gasteiger partial charge in [-0.15, -0.1) is 0 Å². The molecule has 1 unspecified atom stereocenters. The zero-order valence-corrected chi connectivity index (χ0v) is 8.25. The Bertz CT molecular complexity index is 164. The van der Waals surface area contributed by atoms with Crippen LogP contribution in [0.1, 0.15) is 32.1 Å². The average Bonchev–Trinajstić information content (AvgIpc) is 2.51. The molecule has 0 aromatic heterocycles. The second kappa shape index (κ2) is 3.95. The van der Waals surface area contributed by atoms with E-state index in [-0.39, 0.29) is 11.9 Å². The summed E-state index contributed by atoms with van der Waals surface area (Å²) in [5.41, 5.74) is 0. The molecule has 1 saturated carbocycles. The molecular weight excluding hydrogens is 168 g/mol. The van der Waals surface area contributed by atoms with Gasteiger partial charge in [0.25, 0.3) is 0 Å². The Morgan fingerprint density at radius 1 is 1.31 bits per heavy atom. The predicted molar refractivity (Wildman–Crippen MR) is 48.5 cm³/mol. The van der Waals surface area contributed by atoms with E-state index in [1.807, 2.05) is 0 Å². The minimum absolute atomic E-state index is 0.156. The Hall–Kier alpha value is -0.120. The molecule has 3 heteroatoms. The SMILES string of the molecule is COCC1COC2(CCCCC2)O1. The molecule has 1 aliphatic heterocycles. The van der Waals surface area contributed by atoms with E-state index in [1.165, 1.54) is 19.3 Å². The lowest BCUT2D eigenvalue weighted by atomic mass is 9.94. The summed E-state index contributed by atoms with van der Waals surface area (Å²) in [6.07, 6.45) is 6.08. The Balaban J connectivity index is 1.87. The first-order chi connectivity index (χ1) is 6.35. The third-order valence-electron chi connectivity index (χ3n) is 2.88. The third kappa shape index (κ3) is 2.03. The van der Waals surface area contributed by atoms with Gasteiger partial charge in [0.05, 0.1) is 13.2 Å². The van der Waals surface area contributed by atoms with Gasteiger partial charge < -0.3 is 14.2 Å². The van der Waals surface area contributed by atoms with Crippen LogP contribution in [0.2, 0.25) is 0 Å². The maximum atomic E-state index is 5.88. The molecule has 1 heterocycles. The van der Waals surface area contributed by atoms with Gasteiger partial charge in [0.2, 0.25) is 0 Å². The van der Waals surface area contributed by atoms with Crippen molar-refractivity contribution in [1.82, 2.24) is 0 Å². The molecule has 0 amide bonds. The lowest BCUT2D eigenvalue weighted by Gasteiger charge is -2.31. The molecule has 1 atom stereocenters. The predicted octanol–water partition coefficient (Wildman–Crippen LogP) is 1.71. The lowest BCUT2D eigenvalue weighted by molar-refractivity contribution is -0.190. The first-order valence-corrected chi connectivity index (χ1v) is 5.15. The van der Waals surface area contributed by atoms with Gasteiger partial charge in [-0.25, -0.2) is 0 Å². The van der Waals surface area contributed by atoms with Gasteiger partial charge in [-0.05, 0) is 12.8 Å². The molecule has 0 bridgehead atoms. The summed E-state index contributed by atoms with van der Waals surface area (Å²) in [5, 5.41) is 0. The van der Waals surface area contributed by atoms with Gasteiger partial charge in [0.1, 0.15) is 6.10 Å². The first kappa shape index (κ1) is 9.44. The minimum Gasteiger partial charge on any atom is -0.382 e. The maximum Gasteiger partial charge on any atom is 0.169 e. The fraction of sp³-hybridized carbons (Fsp3) is 1.00. The highest BCUT2D eigenvalue weighted by Gasteiger charge is 2.41. The molecule has 0 aromatic carbocycles. The van der Waals surface area contributed by atoms with Crippen LogP contribution in [0.5, 0.6) is 0 Å². The summed E-state index contributed by atoms with van der Waals surface area (Å²) in [6.45, 7) is 1.36. The molecule has 76 valence electrons. The summed E-state index contributed by atoms with van der Waals surface area (Å²) in [5.74, 6) is -0.235. The normalized spacial score (nSPS) is 32.5. The summed E-state index contributed by atoms with van der Waals surface area (Å²) in [4.78, 5) is 0. The number of hydrogen-bond donors (Lipinski definition) is 0. The van der Waals surface area contributed by atoms with Crippen LogP contribution in [0.25, 0.3) is 0 Å². The maximum absolute atomic E-state index is 5.88. The smallest absolute Gasteiger partial charge is 0.169 e. The van der Waals surface area contributed by atoms with Crippen LogP contribution in [-0.4, -0.2) is 32.2 Å². The Kier molecular flexibility index (Phi) is 2.86. The van der Waals surface area contributed by atoms with Gasteiger partial charge in [-0.2, -0.15) is 0 Å². The van der Waals surface area contributed by atoms with E-state index in [4.69, 9.17) is 14.2 Å². The van der Waals surface area contributed by atoms with Gasteiger partial charge in [0.15, 0.2) is 5.79 Å². The zero-order chi connectivity index (χ0) is 9.15. The molecule has 0 N–H and O–H groups in total. The molecule has 2 fully saturated rings. The highest BCUT2D eigenvalue weighted by Crippen LogP contribution is 2.37. The van der Waals surface area contributed by atoms with E-state index in [0.717, 1.165) is 12.8 Å². The second-order valence-corrected chi connectivity index (χ2v) is 3.98. The van der Waals surface area contributed by atoms with Crippen molar-refractivity contribution in [2.75, 3.05) is 20.3 Å². The van der Waals surface area contributed by atoms with Crippen molar-refractivity contribution in [3.8, 4) is 0 Å². The monoisotopic (exact) mass is 186 g/mol. The van der Waals surface area contributed by atoms with Gasteiger partial charge in [0, 0.05) is 20.0 Å². The molecule has 0 aromatic rings. The number of ether oxygens (including phenoxy) is 3. The van der Waals surface area contributed by atoms with Crippen molar-refractivity contribution in [1.29, 1.82) is 0 Å². The van der Waals surface area contributed by atoms with Gasteiger partial charge in [-0.3, -0.25) is 0 Å². The fourth-order valence-electron chi connectivity index (χ4n) is 2.24. The quantitative estimate of drug-likeness (QED) is 0.657. The van der Waals surface area contributed by atoms with Crippen LogP contribution < -0.4 is 0 Å². The Morgan fingerprint density at radius 2 is 2.08 bits per heavy atom. The van der Waals surface area contributed by atoms with E-state index in [2.05, 4.69) is 0 Å². The fourth-order valence-corrected chi connectivity index (χ4v) is 2.24. The van der Waals surface area contributed by atoms with Crippen LogP contribution >= 0.6 is 0 Å². The zero-order valence-electron chi connectivity index (χ0n) is 8.25. The molecule has 1 saturated heterocycles. The van der Waals surface area contributed by atoms with Crippen molar-refractivity contribution >= 4 is 0 Å². The highest BCUT2D eigenvalue weighted by molar-refractivity contribution is 4.82. The molecule has 1 aliphatic carbocycles. The van der Waals surface area contributed by atoms with Crippen LogP contribution in [-0.2, 0) is 14.2 Å². The van der Waals surface area contributed by atoms with E-state index in [0.29, 0.717) is 13.2 Å². The van der Waals surface area contributed by atoms with Crippen molar-refractivity contribution in [3.63, 3.8) is 0 Å². The Labute approximate surface area is 79.4 Å². The van der Waals surface area contributed by atoms with Crippen LogP contribution in [0.3, 0.4) is 0 Å². The largest absolute Gasteiger partial charge is 0.382 e. The first-order valence-electron chi connectivity index (χ1n) is 5.15. The molecule has 13 heavy (non-hydrogen) atoms. The van der Waals surface area contributed by atoms with Crippen molar-refractivity contribution in [2.45, 2.75) is 44.0 Å². The summed E-state index contributed by atoms with van der Waals surface area (Å²) < 4.78 is 16.7. The topological polar surface area (TPSA) is 27.7 Å².